The molecule has 1 aliphatic rings. The summed E-state index contributed by atoms with van der Waals surface area (Å²) in [6.07, 6.45) is 3.75. The largest absolute Gasteiger partial charge is 0.493 e. The minimum Gasteiger partial charge on any atom is -0.493 e. The highest BCUT2D eigenvalue weighted by atomic mass is 16.5. The SMILES string of the molecule is COc1cc2nc(N3CCC(Nc4ccccn4)CC3)nc(N)c2cc1OC. The first-order valence-electron chi connectivity index (χ1n) is 9.29. The van der Waals surface area contributed by atoms with E-state index in [9.17, 15) is 0 Å². The fraction of sp³-hybridized carbons (Fsp3) is 0.350. The summed E-state index contributed by atoms with van der Waals surface area (Å²) in [5, 5.41) is 4.25. The maximum atomic E-state index is 6.21. The van der Waals surface area contributed by atoms with Crippen LogP contribution in [0.5, 0.6) is 11.5 Å². The second-order valence-electron chi connectivity index (χ2n) is 6.75. The second kappa shape index (κ2) is 7.75. The second-order valence-corrected chi connectivity index (χ2v) is 6.75. The Kier molecular flexibility index (Phi) is 5.01. The minimum atomic E-state index is 0.383. The van der Waals surface area contributed by atoms with E-state index >= 15 is 0 Å². The van der Waals surface area contributed by atoms with Crippen molar-refractivity contribution in [3.05, 3.63) is 36.5 Å². The quantitative estimate of drug-likeness (QED) is 0.697. The topological polar surface area (TPSA) is 98.4 Å². The first-order chi connectivity index (χ1) is 13.7. The van der Waals surface area contributed by atoms with Crippen LogP contribution in [0, 0.1) is 0 Å². The average molecular weight is 380 g/mol. The number of rotatable bonds is 5. The average Bonchev–Trinajstić information content (AvgIpc) is 2.74. The predicted molar refractivity (Wildman–Crippen MR) is 110 cm³/mol. The lowest BCUT2D eigenvalue weighted by Gasteiger charge is -2.32. The number of fused-ring (bicyclic) bond motifs is 1. The molecule has 0 amide bonds. The fourth-order valence-corrected chi connectivity index (χ4v) is 3.49. The standard InChI is InChI=1S/C20H24N6O2/c1-27-16-11-14-15(12-17(16)28-2)24-20(25-19(14)21)26-9-6-13(7-10-26)23-18-5-3-4-8-22-18/h3-5,8,11-13H,6-7,9-10H2,1-2H3,(H,22,23)(H2,21,24,25). The Morgan fingerprint density at radius 1 is 1.07 bits per heavy atom. The zero-order chi connectivity index (χ0) is 19.5. The van der Waals surface area contributed by atoms with Gasteiger partial charge in [0.25, 0.3) is 0 Å². The van der Waals surface area contributed by atoms with Gasteiger partial charge in [0, 0.05) is 36.8 Å². The molecule has 3 aromatic rings. The van der Waals surface area contributed by atoms with Crippen LogP contribution in [0.15, 0.2) is 36.5 Å². The van der Waals surface area contributed by atoms with Crippen LogP contribution in [0.2, 0.25) is 0 Å². The number of anilines is 3. The van der Waals surface area contributed by atoms with E-state index in [0.717, 1.165) is 42.7 Å². The van der Waals surface area contributed by atoms with Crippen molar-refractivity contribution in [1.29, 1.82) is 0 Å². The van der Waals surface area contributed by atoms with Crippen LogP contribution in [0.3, 0.4) is 0 Å². The molecule has 0 unspecified atom stereocenters. The van der Waals surface area contributed by atoms with Gasteiger partial charge in [0.2, 0.25) is 5.95 Å². The van der Waals surface area contributed by atoms with Crippen molar-refractivity contribution in [2.24, 2.45) is 0 Å². The number of ether oxygens (including phenoxy) is 2. The number of benzene rings is 1. The van der Waals surface area contributed by atoms with Crippen LogP contribution >= 0.6 is 0 Å². The highest BCUT2D eigenvalue weighted by Crippen LogP contribution is 2.34. The van der Waals surface area contributed by atoms with E-state index in [2.05, 4.69) is 20.2 Å². The van der Waals surface area contributed by atoms with E-state index in [1.54, 1.807) is 20.4 Å². The van der Waals surface area contributed by atoms with Crippen molar-refractivity contribution in [1.82, 2.24) is 15.0 Å². The number of hydrogen-bond acceptors (Lipinski definition) is 8. The lowest BCUT2D eigenvalue weighted by atomic mass is 10.1. The maximum absolute atomic E-state index is 6.21. The molecule has 0 saturated carbocycles. The van der Waals surface area contributed by atoms with Crippen LogP contribution in [0.25, 0.3) is 10.9 Å². The number of hydrogen-bond donors (Lipinski definition) is 2. The summed E-state index contributed by atoms with van der Waals surface area (Å²) in [6.45, 7) is 1.70. The summed E-state index contributed by atoms with van der Waals surface area (Å²) in [5.74, 6) is 3.23. The van der Waals surface area contributed by atoms with Crippen molar-refractivity contribution in [2.75, 3.05) is 43.3 Å². The summed E-state index contributed by atoms with van der Waals surface area (Å²) in [5.41, 5.74) is 6.96. The zero-order valence-corrected chi connectivity index (χ0v) is 16.1. The highest BCUT2D eigenvalue weighted by Gasteiger charge is 2.22. The van der Waals surface area contributed by atoms with Gasteiger partial charge in [0.15, 0.2) is 11.5 Å². The number of nitrogens with zero attached hydrogens (tertiary/aromatic N) is 4. The van der Waals surface area contributed by atoms with Gasteiger partial charge in [0.1, 0.15) is 11.6 Å². The van der Waals surface area contributed by atoms with Crippen LogP contribution in [0.4, 0.5) is 17.6 Å². The van der Waals surface area contributed by atoms with Gasteiger partial charge < -0.3 is 25.4 Å². The molecule has 0 aliphatic carbocycles. The Morgan fingerprint density at radius 2 is 1.82 bits per heavy atom. The van der Waals surface area contributed by atoms with E-state index in [1.165, 1.54) is 0 Å². The van der Waals surface area contributed by atoms with Crippen LogP contribution in [-0.2, 0) is 0 Å². The Morgan fingerprint density at radius 3 is 2.50 bits per heavy atom. The highest BCUT2D eigenvalue weighted by molar-refractivity contribution is 5.91. The van der Waals surface area contributed by atoms with Gasteiger partial charge in [-0.1, -0.05) is 6.07 Å². The Bertz CT molecular complexity index is 958. The zero-order valence-electron chi connectivity index (χ0n) is 16.1. The molecule has 3 N–H and O–H groups in total. The van der Waals surface area contributed by atoms with Gasteiger partial charge in [-0.2, -0.15) is 4.98 Å². The molecule has 0 bridgehead atoms. The van der Waals surface area contributed by atoms with Crippen LogP contribution < -0.4 is 25.4 Å². The molecule has 0 spiro atoms. The first kappa shape index (κ1) is 18.1. The third-order valence-electron chi connectivity index (χ3n) is 5.01. The molecule has 0 atom stereocenters. The number of nitrogens with two attached hydrogens (primary N) is 1. The van der Waals surface area contributed by atoms with Crippen molar-refractivity contribution in [3.8, 4) is 11.5 Å². The summed E-state index contributed by atoms with van der Waals surface area (Å²) in [7, 11) is 3.20. The van der Waals surface area contributed by atoms with Crippen molar-refractivity contribution >= 4 is 28.5 Å². The Balaban J connectivity index is 1.52. The molecule has 8 heteroatoms. The number of piperidine rings is 1. The van der Waals surface area contributed by atoms with E-state index < -0.39 is 0 Å². The van der Waals surface area contributed by atoms with Gasteiger partial charge in [-0.25, -0.2) is 9.97 Å². The predicted octanol–water partition coefficient (Wildman–Crippen LogP) is 2.71. The lowest BCUT2D eigenvalue weighted by molar-refractivity contribution is 0.356. The number of nitrogen functional groups attached to an aromatic ring is 1. The molecule has 0 radical (unpaired) electrons. The molecule has 1 saturated heterocycles. The Hall–Kier alpha value is -3.29. The molecule has 1 aromatic carbocycles. The summed E-state index contributed by atoms with van der Waals surface area (Å²) >= 11 is 0. The molecule has 2 aromatic heterocycles. The summed E-state index contributed by atoms with van der Waals surface area (Å²) in [4.78, 5) is 15.8. The van der Waals surface area contributed by atoms with E-state index in [0.29, 0.717) is 29.3 Å². The number of aromatic nitrogens is 3. The van der Waals surface area contributed by atoms with E-state index in [1.807, 2.05) is 30.3 Å². The van der Waals surface area contributed by atoms with Crippen LogP contribution in [-0.4, -0.2) is 48.3 Å². The van der Waals surface area contributed by atoms with Gasteiger partial charge >= 0.3 is 0 Å². The molecule has 1 aliphatic heterocycles. The molecular weight excluding hydrogens is 356 g/mol. The summed E-state index contributed by atoms with van der Waals surface area (Å²) < 4.78 is 10.7. The first-order valence-corrected chi connectivity index (χ1v) is 9.29. The Labute approximate surface area is 163 Å². The number of nitrogens with one attached hydrogen (secondary N) is 1. The molecule has 28 heavy (non-hydrogen) atoms. The van der Waals surface area contributed by atoms with Crippen molar-refractivity contribution < 1.29 is 9.47 Å². The normalized spacial score (nSPS) is 14.9. The number of methoxy groups -OCH3 is 2. The molecular formula is C20H24N6O2. The smallest absolute Gasteiger partial charge is 0.227 e. The fourth-order valence-electron chi connectivity index (χ4n) is 3.49. The molecule has 4 rings (SSSR count). The third-order valence-corrected chi connectivity index (χ3v) is 5.01. The monoisotopic (exact) mass is 380 g/mol. The third kappa shape index (κ3) is 3.58. The molecule has 1 fully saturated rings. The molecule has 3 heterocycles. The lowest BCUT2D eigenvalue weighted by Crippen LogP contribution is -2.40. The van der Waals surface area contributed by atoms with Crippen molar-refractivity contribution in [3.63, 3.8) is 0 Å². The van der Waals surface area contributed by atoms with Gasteiger partial charge in [-0.15, -0.1) is 0 Å². The van der Waals surface area contributed by atoms with Gasteiger partial charge in [-0.3, -0.25) is 0 Å². The summed E-state index contributed by atoms with van der Waals surface area (Å²) in [6, 6.07) is 9.93. The van der Waals surface area contributed by atoms with Gasteiger partial charge in [-0.05, 0) is 31.0 Å². The van der Waals surface area contributed by atoms with Gasteiger partial charge in [0.05, 0.1) is 19.7 Å². The van der Waals surface area contributed by atoms with E-state index in [4.69, 9.17) is 20.2 Å². The van der Waals surface area contributed by atoms with Crippen LogP contribution in [0.1, 0.15) is 12.8 Å². The molecule has 8 nitrogen and oxygen atoms in total. The maximum Gasteiger partial charge on any atom is 0.227 e. The minimum absolute atomic E-state index is 0.383. The number of pyridine rings is 1. The molecule has 146 valence electrons. The van der Waals surface area contributed by atoms with Crippen molar-refractivity contribution in [2.45, 2.75) is 18.9 Å². The van der Waals surface area contributed by atoms with E-state index in [-0.39, 0.29) is 0 Å².